The Labute approximate surface area is 202 Å². The molecule has 35 heavy (non-hydrogen) atoms. The normalized spacial score (nSPS) is 29.0. The molecule has 1 fully saturated rings. The van der Waals surface area contributed by atoms with Crippen molar-refractivity contribution in [2.45, 2.75) is 63.7 Å². The van der Waals surface area contributed by atoms with E-state index in [9.17, 15) is 25.1 Å². The van der Waals surface area contributed by atoms with E-state index in [-0.39, 0.29) is 29.0 Å². The van der Waals surface area contributed by atoms with E-state index in [0.29, 0.717) is 5.57 Å². The summed E-state index contributed by atoms with van der Waals surface area (Å²) < 4.78 is 15.2. The summed E-state index contributed by atoms with van der Waals surface area (Å²) in [5.74, 6) is -1.22. The number of amides is 1. The fraction of sp³-hybridized carbons (Fsp3) is 0.565. The Balaban J connectivity index is 1.77. The zero-order valence-electron chi connectivity index (χ0n) is 20.0. The molecule has 12 nitrogen and oxygen atoms in total. The van der Waals surface area contributed by atoms with E-state index in [2.05, 4.69) is 15.0 Å². The number of aliphatic hydroxyl groups is 2. The SMILES string of the molecule is CC(C)[C@H](N)C(=O)NC1=NC=[N+]=C2C1=CC=C2[C@]1(C#N)O[C@H](COC(=O)[C@@H](N)C(C)C)[C@@H](O)[C@H]1O. The first kappa shape index (κ1) is 26.4. The standard InChI is InChI=1S/C23H30N6O6/c1-10(2)15(25)21(32)29-20-12-5-6-13(17(12)27-9-28-20)23(8-24)19(31)18(30)14(35-23)7-34-22(33)16(26)11(3)4/h5-6,9-11,14-16,18-19,30-31H,7,25-26H2,1-4H3/p+1/t14-,15+,16+,18-,19-,23+/m1/s1. The van der Waals surface area contributed by atoms with Crippen LogP contribution in [0.3, 0.4) is 0 Å². The summed E-state index contributed by atoms with van der Waals surface area (Å²) in [4.78, 5) is 28.6. The van der Waals surface area contributed by atoms with Crippen LogP contribution in [-0.4, -0.2) is 82.6 Å². The maximum Gasteiger partial charge on any atom is 0.381 e. The number of allylic oxidation sites excluding steroid dienone is 2. The van der Waals surface area contributed by atoms with Crippen LogP contribution in [0.4, 0.5) is 0 Å². The van der Waals surface area contributed by atoms with Crippen molar-refractivity contribution in [3.63, 3.8) is 0 Å². The van der Waals surface area contributed by atoms with E-state index in [1.54, 1.807) is 19.9 Å². The van der Waals surface area contributed by atoms with Crippen LogP contribution in [0, 0.1) is 23.2 Å². The smallest absolute Gasteiger partial charge is 0.381 e. The Hall–Kier alpha value is -3.17. The number of nitriles is 1. The molecular formula is C23H31N6O6+. The van der Waals surface area contributed by atoms with Gasteiger partial charge in [-0.15, -0.1) is 0 Å². The zero-order chi connectivity index (χ0) is 26.1. The van der Waals surface area contributed by atoms with Crippen molar-refractivity contribution in [3.8, 4) is 6.07 Å². The van der Waals surface area contributed by atoms with E-state index >= 15 is 0 Å². The third-order valence-electron chi connectivity index (χ3n) is 6.22. The Bertz CT molecular complexity index is 1100. The van der Waals surface area contributed by atoms with Crippen LogP contribution in [-0.2, 0) is 19.1 Å². The second-order valence-corrected chi connectivity index (χ2v) is 9.33. The highest BCUT2D eigenvalue weighted by molar-refractivity contribution is 6.35. The highest BCUT2D eigenvalue weighted by Crippen LogP contribution is 2.40. The van der Waals surface area contributed by atoms with E-state index in [1.807, 2.05) is 19.9 Å². The van der Waals surface area contributed by atoms with Crippen molar-refractivity contribution in [1.29, 1.82) is 5.26 Å². The molecule has 1 amide bonds. The van der Waals surface area contributed by atoms with Crippen molar-refractivity contribution in [2.24, 2.45) is 28.3 Å². The minimum absolute atomic E-state index is 0.103. The van der Waals surface area contributed by atoms with Gasteiger partial charge >= 0.3 is 12.3 Å². The number of ether oxygens (including phenoxy) is 2. The van der Waals surface area contributed by atoms with Gasteiger partial charge in [-0.3, -0.25) is 14.9 Å². The maximum absolute atomic E-state index is 12.4. The maximum atomic E-state index is 12.4. The number of fused-ring (bicyclic) bond motifs is 1. The van der Waals surface area contributed by atoms with Crippen molar-refractivity contribution >= 4 is 29.8 Å². The molecule has 0 aromatic carbocycles. The number of amidine groups is 1. The second-order valence-electron chi connectivity index (χ2n) is 9.33. The van der Waals surface area contributed by atoms with Gasteiger partial charge in [0.2, 0.25) is 17.2 Å². The number of hydrogen-bond acceptors (Lipinski definition) is 10. The number of rotatable bonds is 7. The minimum atomic E-state index is -2.01. The summed E-state index contributed by atoms with van der Waals surface area (Å²) in [6.45, 7) is 6.72. The van der Waals surface area contributed by atoms with E-state index in [4.69, 9.17) is 20.9 Å². The summed E-state index contributed by atoms with van der Waals surface area (Å²) in [5, 5.41) is 34.1. The third kappa shape index (κ3) is 4.83. The number of aliphatic imine (C=N–C) groups is 1. The fourth-order valence-corrected chi connectivity index (χ4v) is 3.78. The summed E-state index contributed by atoms with van der Waals surface area (Å²) in [6.07, 6.45) is -0.145. The topological polar surface area (TPSA) is 207 Å². The van der Waals surface area contributed by atoms with Crippen molar-refractivity contribution < 1.29 is 29.3 Å². The van der Waals surface area contributed by atoms with Crippen LogP contribution < -0.4 is 21.5 Å². The number of carbonyl (C=O) groups excluding carboxylic acids is 2. The van der Waals surface area contributed by atoms with Gasteiger partial charge < -0.3 is 31.2 Å². The molecule has 0 aromatic heterocycles. The number of hydrogen-bond donors (Lipinski definition) is 5. The Morgan fingerprint density at radius 1 is 1.26 bits per heavy atom. The van der Waals surface area contributed by atoms with E-state index < -0.39 is 54.5 Å². The van der Waals surface area contributed by atoms with Crippen molar-refractivity contribution in [1.82, 2.24) is 9.98 Å². The monoisotopic (exact) mass is 487 g/mol. The number of nitrogens with zero attached hydrogens (tertiary/aromatic N) is 3. The molecule has 7 N–H and O–H groups in total. The number of aliphatic hydroxyl groups excluding tert-OH is 2. The predicted octanol–water partition coefficient (Wildman–Crippen LogP) is -2.19. The molecule has 12 heteroatoms. The van der Waals surface area contributed by atoms with Crippen LogP contribution in [0.15, 0.2) is 28.3 Å². The molecular weight excluding hydrogens is 456 g/mol. The predicted molar refractivity (Wildman–Crippen MR) is 127 cm³/mol. The van der Waals surface area contributed by atoms with Gasteiger partial charge in [-0.2, -0.15) is 5.26 Å². The van der Waals surface area contributed by atoms with Gasteiger partial charge in [0, 0.05) is 0 Å². The van der Waals surface area contributed by atoms with Crippen LogP contribution in [0.1, 0.15) is 27.7 Å². The van der Waals surface area contributed by atoms with Crippen molar-refractivity contribution in [2.75, 3.05) is 6.61 Å². The minimum Gasteiger partial charge on any atom is -0.462 e. The molecule has 0 aromatic rings. The first-order chi connectivity index (χ1) is 16.4. The number of nitrogens with one attached hydrogen (secondary N) is 1. The number of nitrogens with two attached hydrogens (primary N) is 2. The lowest BCUT2D eigenvalue weighted by Crippen LogP contribution is -2.49. The molecule has 6 atom stereocenters. The Kier molecular flexibility index (Phi) is 7.71. The fourth-order valence-electron chi connectivity index (χ4n) is 3.78. The molecule has 2 aliphatic heterocycles. The molecule has 0 saturated carbocycles. The van der Waals surface area contributed by atoms with Gasteiger partial charge in [0.05, 0.1) is 11.6 Å². The lowest BCUT2D eigenvalue weighted by Gasteiger charge is -2.25. The lowest BCUT2D eigenvalue weighted by molar-refractivity contribution is -0.152. The van der Waals surface area contributed by atoms with Gasteiger partial charge in [0.25, 0.3) is 5.84 Å². The van der Waals surface area contributed by atoms with Crippen LogP contribution in [0.25, 0.3) is 0 Å². The Morgan fingerprint density at radius 3 is 2.51 bits per heavy atom. The average molecular weight is 488 g/mol. The molecule has 0 bridgehead atoms. The quantitative estimate of drug-likeness (QED) is 0.195. The summed E-state index contributed by atoms with van der Waals surface area (Å²) in [5.41, 5.74) is 10.5. The van der Waals surface area contributed by atoms with Crippen molar-refractivity contribution in [3.05, 3.63) is 23.3 Å². The number of carbonyl (C=O) groups is 2. The molecule has 1 saturated heterocycles. The van der Waals surface area contributed by atoms with Gasteiger partial charge in [0.15, 0.2) is 0 Å². The van der Waals surface area contributed by atoms with Crippen LogP contribution in [0.2, 0.25) is 0 Å². The summed E-state index contributed by atoms with van der Waals surface area (Å²) in [6, 6.07) is 0.309. The first-order valence-corrected chi connectivity index (χ1v) is 11.3. The first-order valence-electron chi connectivity index (χ1n) is 11.3. The van der Waals surface area contributed by atoms with Gasteiger partial charge in [-0.05, 0) is 29.0 Å². The summed E-state index contributed by atoms with van der Waals surface area (Å²) in [7, 11) is 0. The molecule has 1 aliphatic carbocycles. The molecule has 2 heterocycles. The van der Waals surface area contributed by atoms with Crippen LogP contribution in [0.5, 0.6) is 0 Å². The molecule has 0 spiro atoms. The lowest BCUT2D eigenvalue weighted by atomic mass is 9.85. The molecule has 3 rings (SSSR count). The third-order valence-corrected chi connectivity index (χ3v) is 6.22. The molecule has 0 unspecified atom stereocenters. The van der Waals surface area contributed by atoms with Gasteiger partial charge in [-0.1, -0.05) is 27.7 Å². The largest absolute Gasteiger partial charge is 0.462 e. The zero-order valence-corrected chi connectivity index (χ0v) is 20.0. The van der Waals surface area contributed by atoms with Gasteiger partial charge in [-0.25, -0.2) is 4.67 Å². The Morgan fingerprint density at radius 2 is 1.91 bits per heavy atom. The highest BCUT2D eigenvalue weighted by Gasteiger charge is 2.60. The van der Waals surface area contributed by atoms with Crippen LogP contribution >= 0.6 is 0 Å². The molecule has 0 radical (unpaired) electrons. The van der Waals surface area contributed by atoms with Gasteiger partial charge in [0.1, 0.15) is 42.6 Å². The highest BCUT2D eigenvalue weighted by atomic mass is 16.6. The molecule has 3 aliphatic rings. The average Bonchev–Trinajstić information content (AvgIpc) is 3.37. The molecule has 188 valence electrons. The second kappa shape index (κ2) is 10.2. The van der Waals surface area contributed by atoms with E-state index in [0.717, 1.165) is 0 Å². The summed E-state index contributed by atoms with van der Waals surface area (Å²) >= 11 is 0. The van der Waals surface area contributed by atoms with E-state index in [1.165, 1.54) is 12.4 Å². The number of esters is 1.